The molecule has 1 atom stereocenters. The van der Waals surface area contributed by atoms with Gasteiger partial charge in [-0.1, -0.05) is 54.6 Å². The molecule has 33 heavy (non-hydrogen) atoms. The Balaban J connectivity index is 1.76. The smallest absolute Gasteiger partial charge is 0.235 e. The molecule has 1 aliphatic rings. The van der Waals surface area contributed by atoms with E-state index in [1.54, 1.807) is 26.0 Å². The van der Waals surface area contributed by atoms with E-state index in [1.165, 1.54) is 0 Å². The van der Waals surface area contributed by atoms with Gasteiger partial charge in [0.25, 0.3) is 0 Å². The fraction of sp³-hybridized carbons (Fsp3) is 0.154. The van der Waals surface area contributed by atoms with E-state index in [1.807, 2.05) is 83.5 Å². The Morgan fingerprint density at radius 1 is 0.939 bits per heavy atom. The van der Waals surface area contributed by atoms with Crippen molar-refractivity contribution in [3.8, 4) is 28.4 Å². The van der Waals surface area contributed by atoms with Crippen molar-refractivity contribution in [1.82, 2.24) is 9.78 Å². The first kappa shape index (κ1) is 21.2. The summed E-state index contributed by atoms with van der Waals surface area (Å²) in [5.41, 5.74) is 4.69. The molecule has 0 saturated carbocycles. The van der Waals surface area contributed by atoms with Crippen LogP contribution in [0.4, 0.5) is 5.82 Å². The number of anilines is 1. The monoisotopic (exact) mass is 457 g/mol. The molecule has 0 bridgehead atoms. The Morgan fingerprint density at radius 3 is 2.33 bits per heavy atom. The quantitative estimate of drug-likeness (QED) is 0.439. The number of thioether (sulfide) groups is 1. The highest BCUT2D eigenvalue weighted by atomic mass is 32.2. The minimum atomic E-state index is -0.133. The molecule has 1 unspecified atom stereocenters. The lowest BCUT2D eigenvalue weighted by atomic mass is 9.99. The molecule has 2 heterocycles. The maximum Gasteiger partial charge on any atom is 0.235 e. The van der Waals surface area contributed by atoms with Crippen LogP contribution in [0.3, 0.4) is 0 Å². The van der Waals surface area contributed by atoms with Crippen molar-refractivity contribution < 1.29 is 14.3 Å². The Morgan fingerprint density at radius 2 is 1.64 bits per heavy atom. The van der Waals surface area contributed by atoms with E-state index in [-0.39, 0.29) is 11.2 Å². The highest BCUT2D eigenvalue weighted by molar-refractivity contribution is 8.00. The van der Waals surface area contributed by atoms with Gasteiger partial charge in [-0.2, -0.15) is 5.10 Å². The SMILES string of the molecule is COc1ccc(C2SCC(=O)Nc3c2c(-c2ccccc2)nn3-c2ccccc2)cc1OC. The number of carbonyl (C=O) groups is 1. The third kappa shape index (κ3) is 3.96. The molecule has 0 spiro atoms. The lowest BCUT2D eigenvalue weighted by Crippen LogP contribution is -2.15. The molecule has 0 aliphatic carbocycles. The van der Waals surface area contributed by atoms with Crippen molar-refractivity contribution in [3.63, 3.8) is 0 Å². The van der Waals surface area contributed by atoms with Crippen LogP contribution in [0.2, 0.25) is 0 Å². The number of hydrogen-bond acceptors (Lipinski definition) is 5. The highest BCUT2D eigenvalue weighted by Crippen LogP contribution is 2.48. The summed E-state index contributed by atoms with van der Waals surface area (Å²) in [6.07, 6.45) is 0. The van der Waals surface area contributed by atoms with Gasteiger partial charge in [0.05, 0.1) is 36.6 Å². The molecule has 0 radical (unpaired) electrons. The van der Waals surface area contributed by atoms with E-state index in [2.05, 4.69) is 5.32 Å². The molecule has 3 aromatic carbocycles. The number of carbonyl (C=O) groups excluding carboxylic acids is 1. The number of hydrogen-bond donors (Lipinski definition) is 1. The van der Waals surface area contributed by atoms with Gasteiger partial charge in [0, 0.05) is 11.1 Å². The van der Waals surface area contributed by atoms with Crippen LogP contribution in [0.5, 0.6) is 11.5 Å². The van der Waals surface area contributed by atoms with Gasteiger partial charge in [-0.05, 0) is 29.8 Å². The predicted molar refractivity (Wildman–Crippen MR) is 131 cm³/mol. The molecular formula is C26H23N3O3S. The standard InChI is InChI=1S/C26H23N3O3S/c1-31-20-14-13-18(15-21(20)32-2)25-23-24(17-9-5-3-6-10-17)28-29(19-11-7-4-8-12-19)26(23)27-22(30)16-33-25/h3-15,25H,16H2,1-2H3,(H,27,30). The second-order valence-electron chi connectivity index (χ2n) is 7.58. The fourth-order valence-electron chi connectivity index (χ4n) is 4.05. The van der Waals surface area contributed by atoms with Gasteiger partial charge in [-0.25, -0.2) is 4.68 Å². The Kier molecular flexibility index (Phi) is 5.79. The third-order valence-electron chi connectivity index (χ3n) is 5.58. The third-order valence-corrected chi connectivity index (χ3v) is 6.85. The van der Waals surface area contributed by atoms with Crippen LogP contribution in [0.25, 0.3) is 16.9 Å². The fourth-order valence-corrected chi connectivity index (χ4v) is 5.17. The Labute approximate surface area is 196 Å². The van der Waals surface area contributed by atoms with Crippen LogP contribution < -0.4 is 14.8 Å². The van der Waals surface area contributed by atoms with Crippen LogP contribution in [-0.2, 0) is 4.79 Å². The summed E-state index contributed by atoms with van der Waals surface area (Å²) in [6.45, 7) is 0. The van der Waals surface area contributed by atoms with Crippen molar-refractivity contribution in [2.24, 2.45) is 0 Å². The number of ether oxygens (including phenoxy) is 2. The normalized spacial score (nSPS) is 15.3. The number of benzene rings is 3. The summed E-state index contributed by atoms with van der Waals surface area (Å²) in [7, 11) is 3.25. The van der Waals surface area contributed by atoms with E-state index in [0.29, 0.717) is 23.1 Å². The molecule has 1 aromatic heterocycles. The zero-order valence-corrected chi connectivity index (χ0v) is 19.1. The van der Waals surface area contributed by atoms with Crippen LogP contribution in [0, 0.1) is 0 Å². The lowest BCUT2D eigenvalue weighted by molar-refractivity contribution is -0.113. The van der Waals surface area contributed by atoms with Gasteiger partial charge in [0.15, 0.2) is 11.5 Å². The number of nitrogens with zero attached hydrogens (tertiary/aromatic N) is 2. The van der Waals surface area contributed by atoms with Gasteiger partial charge in [-0.15, -0.1) is 11.8 Å². The van der Waals surface area contributed by atoms with E-state index >= 15 is 0 Å². The minimum Gasteiger partial charge on any atom is -0.493 e. The number of amides is 1. The molecule has 4 aromatic rings. The number of aromatic nitrogens is 2. The van der Waals surface area contributed by atoms with E-state index in [4.69, 9.17) is 14.6 Å². The van der Waals surface area contributed by atoms with Gasteiger partial charge in [0.1, 0.15) is 5.82 Å². The van der Waals surface area contributed by atoms with Crippen molar-refractivity contribution in [1.29, 1.82) is 0 Å². The zero-order chi connectivity index (χ0) is 22.8. The van der Waals surface area contributed by atoms with E-state index < -0.39 is 0 Å². The van der Waals surface area contributed by atoms with Gasteiger partial charge in [0.2, 0.25) is 5.91 Å². The first-order valence-electron chi connectivity index (χ1n) is 10.6. The number of rotatable bonds is 5. The molecular weight excluding hydrogens is 434 g/mol. The molecule has 5 rings (SSSR count). The topological polar surface area (TPSA) is 65.4 Å². The summed E-state index contributed by atoms with van der Waals surface area (Å²) < 4.78 is 12.8. The molecule has 6 nitrogen and oxygen atoms in total. The summed E-state index contributed by atoms with van der Waals surface area (Å²) in [4.78, 5) is 12.8. The first-order chi connectivity index (χ1) is 16.2. The second-order valence-corrected chi connectivity index (χ2v) is 8.67. The van der Waals surface area contributed by atoms with Gasteiger partial charge < -0.3 is 14.8 Å². The Bertz CT molecular complexity index is 1290. The van der Waals surface area contributed by atoms with Crippen LogP contribution in [0.15, 0.2) is 78.9 Å². The van der Waals surface area contributed by atoms with Gasteiger partial charge >= 0.3 is 0 Å². The van der Waals surface area contributed by atoms with E-state index in [0.717, 1.165) is 28.1 Å². The molecule has 166 valence electrons. The Hall–Kier alpha value is -3.71. The van der Waals surface area contributed by atoms with Crippen LogP contribution >= 0.6 is 11.8 Å². The number of methoxy groups -OCH3 is 2. The highest BCUT2D eigenvalue weighted by Gasteiger charge is 2.33. The first-order valence-corrected chi connectivity index (χ1v) is 11.6. The summed E-state index contributed by atoms with van der Waals surface area (Å²) in [5.74, 6) is 2.28. The lowest BCUT2D eigenvalue weighted by Gasteiger charge is -2.18. The van der Waals surface area contributed by atoms with E-state index in [9.17, 15) is 4.79 Å². The van der Waals surface area contributed by atoms with Gasteiger partial charge in [-0.3, -0.25) is 4.79 Å². The zero-order valence-electron chi connectivity index (χ0n) is 18.3. The molecule has 7 heteroatoms. The minimum absolute atomic E-state index is 0.0547. The summed E-state index contributed by atoms with van der Waals surface area (Å²) >= 11 is 1.58. The molecule has 1 aliphatic heterocycles. The van der Waals surface area contributed by atoms with Crippen molar-refractivity contribution >= 4 is 23.5 Å². The van der Waals surface area contributed by atoms with Crippen molar-refractivity contribution in [3.05, 3.63) is 90.0 Å². The predicted octanol–water partition coefficient (Wildman–Crippen LogP) is 5.33. The van der Waals surface area contributed by atoms with Crippen LogP contribution in [0.1, 0.15) is 16.4 Å². The van der Waals surface area contributed by atoms with Crippen molar-refractivity contribution in [2.75, 3.05) is 25.3 Å². The average Bonchev–Trinajstić information content (AvgIpc) is 3.14. The summed E-state index contributed by atoms with van der Waals surface area (Å²) in [6, 6.07) is 25.8. The number of fused-ring (bicyclic) bond motifs is 1. The molecule has 1 amide bonds. The molecule has 1 N–H and O–H groups in total. The maximum atomic E-state index is 12.8. The van der Waals surface area contributed by atoms with Crippen LogP contribution in [-0.4, -0.2) is 35.7 Å². The summed E-state index contributed by atoms with van der Waals surface area (Å²) in [5, 5.41) is 7.98. The number of nitrogens with one attached hydrogen (secondary N) is 1. The second kappa shape index (κ2) is 9.03. The molecule has 0 fully saturated rings. The largest absolute Gasteiger partial charge is 0.493 e. The van der Waals surface area contributed by atoms with Crippen molar-refractivity contribution in [2.45, 2.75) is 5.25 Å². The number of para-hydroxylation sites is 1. The maximum absolute atomic E-state index is 12.8. The molecule has 0 saturated heterocycles. The average molecular weight is 458 g/mol.